The van der Waals surface area contributed by atoms with Gasteiger partial charge in [0.25, 0.3) is 0 Å². The van der Waals surface area contributed by atoms with Crippen LogP contribution in [-0.2, 0) is 0 Å². The van der Waals surface area contributed by atoms with Gasteiger partial charge in [0.15, 0.2) is 0 Å². The van der Waals surface area contributed by atoms with Crippen molar-refractivity contribution in [2.45, 2.75) is 20.3 Å². The van der Waals surface area contributed by atoms with Crippen LogP contribution in [0.2, 0.25) is 5.02 Å². The second kappa shape index (κ2) is 6.52. The summed E-state index contributed by atoms with van der Waals surface area (Å²) in [6, 6.07) is 5.50. The second-order valence-electron chi connectivity index (χ2n) is 4.90. The van der Waals surface area contributed by atoms with Gasteiger partial charge in [-0.3, -0.25) is 0 Å². The number of anilines is 1. The van der Waals surface area contributed by atoms with Gasteiger partial charge in [-0.25, -0.2) is 0 Å². The molecule has 0 radical (unpaired) electrons. The van der Waals surface area contributed by atoms with Gasteiger partial charge in [0.1, 0.15) is 11.6 Å². The van der Waals surface area contributed by atoms with Crippen molar-refractivity contribution < 1.29 is 9.94 Å². The van der Waals surface area contributed by atoms with E-state index in [0.717, 1.165) is 12.1 Å². The van der Waals surface area contributed by atoms with E-state index in [1.54, 1.807) is 19.2 Å². The highest BCUT2D eigenvalue weighted by Gasteiger charge is 2.22. The number of halogens is 1. The molecular formula is C13H20ClN3O2. The molecule has 106 valence electrons. The first-order chi connectivity index (χ1) is 8.90. The number of nitrogens with one attached hydrogen (secondary N) is 1. The minimum atomic E-state index is -0.363. The topological polar surface area (TPSA) is 79.9 Å². The van der Waals surface area contributed by atoms with E-state index in [4.69, 9.17) is 27.3 Å². The number of amidine groups is 1. The Bertz CT molecular complexity index is 461. The molecule has 0 heterocycles. The van der Waals surface area contributed by atoms with Crippen molar-refractivity contribution in [2.24, 2.45) is 16.3 Å². The molecule has 1 aromatic rings. The first-order valence-electron chi connectivity index (χ1n) is 5.96. The number of methoxy groups -OCH3 is 1. The van der Waals surface area contributed by atoms with Crippen molar-refractivity contribution in [1.29, 1.82) is 0 Å². The summed E-state index contributed by atoms with van der Waals surface area (Å²) in [4.78, 5) is 0. The lowest BCUT2D eigenvalue weighted by Gasteiger charge is -2.23. The summed E-state index contributed by atoms with van der Waals surface area (Å²) in [7, 11) is 1.58. The van der Waals surface area contributed by atoms with Gasteiger partial charge in [0.05, 0.1) is 12.1 Å². The van der Waals surface area contributed by atoms with Crippen molar-refractivity contribution in [1.82, 2.24) is 0 Å². The summed E-state index contributed by atoms with van der Waals surface area (Å²) < 4.78 is 5.08. The van der Waals surface area contributed by atoms with Gasteiger partial charge in [-0.2, -0.15) is 0 Å². The zero-order valence-corrected chi connectivity index (χ0v) is 12.2. The van der Waals surface area contributed by atoms with E-state index in [1.807, 2.05) is 19.9 Å². The molecule has 0 bridgehead atoms. The van der Waals surface area contributed by atoms with Gasteiger partial charge in [0.2, 0.25) is 0 Å². The molecular weight excluding hydrogens is 266 g/mol. The van der Waals surface area contributed by atoms with E-state index in [9.17, 15) is 0 Å². The average molecular weight is 286 g/mol. The number of benzene rings is 1. The van der Waals surface area contributed by atoms with E-state index in [1.165, 1.54) is 0 Å². The maximum Gasteiger partial charge on any atom is 0.144 e. The van der Waals surface area contributed by atoms with E-state index in [0.29, 0.717) is 17.3 Å². The Morgan fingerprint density at radius 1 is 1.53 bits per heavy atom. The van der Waals surface area contributed by atoms with Gasteiger partial charge in [-0.05, 0) is 24.6 Å². The highest BCUT2D eigenvalue weighted by molar-refractivity contribution is 6.32. The predicted octanol–water partition coefficient (Wildman–Crippen LogP) is 2.92. The minimum Gasteiger partial charge on any atom is -0.495 e. The molecule has 6 heteroatoms. The van der Waals surface area contributed by atoms with Crippen molar-refractivity contribution in [3.05, 3.63) is 23.2 Å². The molecule has 1 rings (SSSR count). The molecule has 5 nitrogen and oxygen atoms in total. The van der Waals surface area contributed by atoms with Crippen molar-refractivity contribution in [3.63, 3.8) is 0 Å². The third kappa shape index (κ3) is 4.21. The Morgan fingerprint density at radius 2 is 2.21 bits per heavy atom. The van der Waals surface area contributed by atoms with Crippen LogP contribution < -0.4 is 15.8 Å². The lowest BCUT2D eigenvalue weighted by atomic mass is 9.88. The zero-order valence-electron chi connectivity index (χ0n) is 11.4. The zero-order chi connectivity index (χ0) is 14.5. The van der Waals surface area contributed by atoms with Crippen LogP contribution in [0.15, 0.2) is 23.4 Å². The number of nitrogens with zero attached hydrogens (tertiary/aromatic N) is 1. The van der Waals surface area contributed by atoms with Gasteiger partial charge in [0, 0.05) is 17.6 Å². The van der Waals surface area contributed by atoms with Crippen LogP contribution in [0.3, 0.4) is 0 Å². The largest absolute Gasteiger partial charge is 0.495 e. The summed E-state index contributed by atoms with van der Waals surface area (Å²) in [6.45, 7) is 4.53. The summed E-state index contributed by atoms with van der Waals surface area (Å²) in [5.74, 6) is 0.867. The molecule has 0 aliphatic heterocycles. The monoisotopic (exact) mass is 285 g/mol. The Morgan fingerprint density at radius 3 is 2.74 bits per heavy atom. The molecule has 0 saturated heterocycles. The molecule has 0 aliphatic carbocycles. The standard InChI is InChI=1S/C13H20ClN3O2/c1-13(2,12(15)17-18)6-7-16-9-4-5-11(19-3)10(14)8-9/h4-5,8,16,18H,6-7H2,1-3H3,(H2,15,17). The van der Waals surface area contributed by atoms with Crippen molar-refractivity contribution in [3.8, 4) is 5.75 Å². The summed E-state index contributed by atoms with van der Waals surface area (Å²) in [5, 5.41) is 15.5. The van der Waals surface area contributed by atoms with E-state index >= 15 is 0 Å². The second-order valence-corrected chi connectivity index (χ2v) is 5.30. The molecule has 0 atom stereocenters. The fourth-order valence-electron chi connectivity index (χ4n) is 1.56. The number of rotatable bonds is 6. The van der Waals surface area contributed by atoms with E-state index in [2.05, 4.69) is 10.5 Å². The number of hydrogen-bond donors (Lipinski definition) is 3. The van der Waals surface area contributed by atoms with Crippen LogP contribution in [-0.4, -0.2) is 24.7 Å². The van der Waals surface area contributed by atoms with Gasteiger partial charge in [-0.15, -0.1) is 0 Å². The molecule has 1 aromatic carbocycles. The lowest BCUT2D eigenvalue weighted by Crippen LogP contribution is -2.33. The molecule has 0 unspecified atom stereocenters. The maximum atomic E-state index is 8.69. The third-order valence-corrected chi connectivity index (χ3v) is 3.33. The van der Waals surface area contributed by atoms with Gasteiger partial charge < -0.3 is 21.0 Å². The van der Waals surface area contributed by atoms with Crippen LogP contribution in [0, 0.1) is 5.41 Å². The first-order valence-corrected chi connectivity index (χ1v) is 6.34. The lowest BCUT2D eigenvalue weighted by molar-refractivity contribution is 0.306. The SMILES string of the molecule is COc1ccc(NCCC(C)(C)C(N)=NO)cc1Cl. The van der Waals surface area contributed by atoms with Crippen LogP contribution >= 0.6 is 11.6 Å². The minimum absolute atomic E-state index is 0.224. The number of nitrogens with two attached hydrogens (primary N) is 1. The summed E-state index contributed by atoms with van der Waals surface area (Å²) in [5.41, 5.74) is 6.17. The molecule has 0 aliphatic rings. The summed E-state index contributed by atoms with van der Waals surface area (Å²) >= 11 is 6.03. The fourth-order valence-corrected chi connectivity index (χ4v) is 1.82. The highest BCUT2D eigenvalue weighted by atomic mass is 35.5. The Kier molecular flexibility index (Phi) is 5.30. The molecule has 0 amide bonds. The van der Waals surface area contributed by atoms with Gasteiger partial charge in [-0.1, -0.05) is 30.6 Å². The molecule has 0 saturated carbocycles. The molecule has 19 heavy (non-hydrogen) atoms. The van der Waals surface area contributed by atoms with Crippen LogP contribution in [0.5, 0.6) is 5.75 Å². The Balaban J connectivity index is 2.56. The van der Waals surface area contributed by atoms with Gasteiger partial charge >= 0.3 is 0 Å². The highest BCUT2D eigenvalue weighted by Crippen LogP contribution is 2.27. The van der Waals surface area contributed by atoms with Crippen LogP contribution in [0.4, 0.5) is 5.69 Å². The van der Waals surface area contributed by atoms with Crippen LogP contribution in [0.1, 0.15) is 20.3 Å². The third-order valence-electron chi connectivity index (χ3n) is 3.03. The van der Waals surface area contributed by atoms with Crippen molar-refractivity contribution in [2.75, 3.05) is 19.0 Å². The fraction of sp³-hybridized carbons (Fsp3) is 0.462. The maximum absolute atomic E-state index is 8.69. The Labute approximate surface area is 118 Å². The summed E-state index contributed by atoms with van der Waals surface area (Å²) in [6.07, 6.45) is 0.729. The van der Waals surface area contributed by atoms with E-state index < -0.39 is 0 Å². The Hall–Kier alpha value is -1.62. The predicted molar refractivity (Wildman–Crippen MR) is 78.3 cm³/mol. The average Bonchev–Trinajstić information content (AvgIpc) is 2.37. The molecule has 0 aromatic heterocycles. The number of ether oxygens (including phenoxy) is 1. The number of hydrogen-bond acceptors (Lipinski definition) is 4. The quantitative estimate of drug-likeness (QED) is 0.325. The number of oxime groups is 1. The molecule has 4 N–H and O–H groups in total. The molecule has 0 fully saturated rings. The normalized spacial score (nSPS) is 12.3. The van der Waals surface area contributed by atoms with E-state index in [-0.39, 0.29) is 11.3 Å². The van der Waals surface area contributed by atoms with Crippen LogP contribution in [0.25, 0.3) is 0 Å². The smallest absolute Gasteiger partial charge is 0.144 e. The van der Waals surface area contributed by atoms with Crippen molar-refractivity contribution >= 4 is 23.1 Å². The molecule has 0 spiro atoms. The first kappa shape index (κ1) is 15.4.